The lowest BCUT2D eigenvalue weighted by Crippen LogP contribution is -2.10. The lowest BCUT2D eigenvalue weighted by atomic mass is 10.0. The van der Waals surface area contributed by atoms with E-state index in [2.05, 4.69) is 109 Å². The van der Waals surface area contributed by atoms with Gasteiger partial charge in [0.25, 0.3) is 0 Å². The lowest BCUT2D eigenvalue weighted by molar-refractivity contribution is -0.104. The molecule has 0 radical (unpaired) electrons. The summed E-state index contributed by atoms with van der Waals surface area (Å²) >= 11 is 3.48. The molecule has 0 bridgehead atoms. The molecular formula is C36H43BrN2O. The van der Waals surface area contributed by atoms with Crippen LogP contribution in [0, 0.1) is 13.8 Å². The van der Waals surface area contributed by atoms with Crippen molar-refractivity contribution >= 4 is 38.8 Å². The van der Waals surface area contributed by atoms with E-state index in [0.29, 0.717) is 23.3 Å². The van der Waals surface area contributed by atoms with Gasteiger partial charge in [-0.15, -0.1) is 13.2 Å². The Bertz CT molecular complexity index is 1430. The Hall–Kier alpha value is -3.89. The maximum atomic E-state index is 11.2. The number of allylic oxidation sites excluding steroid dienone is 7. The van der Waals surface area contributed by atoms with Crippen molar-refractivity contribution in [2.24, 2.45) is 0 Å². The van der Waals surface area contributed by atoms with Crippen molar-refractivity contribution in [3.63, 3.8) is 0 Å². The van der Waals surface area contributed by atoms with E-state index in [1.807, 2.05) is 45.1 Å². The second kappa shape index (κ2) is 16.9. The molecule has 0 spiro atoms. The number of halogens is 1. The molecule has 1 aromatic heterocycles. The first-order valence-electron chi connectivity index (χ1n) is 13.3. The van der Waals surface area contributed by atoms with Crippen molar-refractivity contribution in [2.75, 3.05) is 0 Å². The van der Waals surface area contributed by atoms with Gasteiger partial charge in [0.15, 0.2) is 0 Å². The monoisotopic (exact) mass is 598 g/mol. The van der Waals surface area contributed by atoms with Crippen LogP contribution < -0.4 is 5.32 Å². The molecule has 0 aliphatic heterocycles. The van der Waals surface area contributed by atoms with Crippen molar-refractivity contribution < 1.29 is 4.79 Å². The molecule has 4 heteroatoms. The van der Waals surface area contributed by atoms with Crippen LogP contribution in [0.4, 0.5) is 0 Å². The number of rotatable bonds is 11. The largest absolute Gasteiger partial charge is 0.381 e. The summed E-state index contributed by atoms with van der Waals surface area (Å²) < 4.78 is 3.35. The number of carbonyl (C=O) groups excluding carboxylic acids is 1. The van der Waals surface area contributed by atoms with Crippen LogP contribution in [0.3, 0.4) is 0 Å². The van der Waals surface area contributed by atoms with Crippen LogP contribution in [0.1, 0.15) is 43.2 Å². The highest BCUT2D eigenvalue weighted by Crippen LogP contribution is 2.29. The number of benzene rings is 2. The van der Waals surface area contributed by atoms with Crippen LogP contribution >= 0.6 is 15.9 Å². The highest BCUT2D eigenvalue weighted by Gasteiger charge is 2.13. The van der Waals surface area contributed by atoms with Crippen molar-refractivity contribution in [3.05, 3.63) is 149 Å². The standard InChI is InChI=1S/C32H33BrN2O.C2H6.C2H4/c1-8-28(20-36)23(4)22(3)10-9-21(2)19-35-26(7)24(5)31-17-29(13-16-32(31)35)25(6)34-18-27-11-14-30(33)15-12-27;2*1-2/h8-17,20,34H,2-4,6,18-19H2,1,5,7H3;1-2H3;1-2H2/b10-9-,28-8-;;. The third kappa shape index (κ3) is 8.82. The topological polar surface area (TPSA) is 34.0 Å². The molecule has 3 nitrogen and oxygen atoms in total. The predicted octanol–water partition coefficient (Wildman–Crippen LogP) is 9.98. The summed E-state index contributed by atoms with van der Waals surface area (Å²) in [5.41, 5.74) is 9.56. The summed E-state index contributed by atoms with van der Waals surface area (Å²) in [5.74, 6) is 0. The third-order valence-corrected chi connectivity index (χ3v) is 6.99. The van der Waals surface area contributed by atoms with Gasteiger partial charge in [-0.1, -0.05) is 92.5 Å². The minimum Gasteiger partial charge on any atom is -0.381 e. The summed E-state index contributed by atoms with van der Waals surface area (Å²) in [7, 11) is 0. The Balaban J connectivity index is 0.00000191. The summed E-state index contributed by atoms with van der Waals surface area (Å²) in [5, 5.41) is 4.65. The summed E-state index contributed by atoms with van der Waals surface area (Å²) in [6.45, 7) is 34.0. The van der Waals surface area contributed by atoms with Crippen LogP contribution in [0.2, 0.25) is 0 Å². The van der Waals surface area contributed by atoms with Crippen LogP contribution in [0.25, 0.3) is 16.6 Å². The zero-order valence-electron chi connectivity index (χ0n) is 24.7. The van der Waals surface area contributed by atoms with Gasteiger partial charge in [0.1, 0.15) is 6.29 Å². The lowest BCUT2D eigenvalue weighted by Gasteiger charge is -2.12. The quantitative estimate of drug-likeness (QED) is 0.103. The highest BCUT2D eigenvalue weighted by molar-refractivity contribution is 9.10. The molecule has 3 aromatic rings. The van der Waals surface area contributed by atoms with Gasteiger partial charge in [0.05, 0.1) is 0 Å². The first kappa shape index (κ1) is 34.1. The number of hydrogen-bond acceptors (Lipinski definition) is 2. The average molecular weight is 600 g/mol. The molecule has 0 aliphatic rings. The van der Waals surface area contributed by atoms with E-state index in [9.17, 15) is 4.79 Å². The molecule has 0 atom stereocenters. The summed E-state index contributed by atoms with van der Waals surface area (Å²) in [6, 6.07) is 14.7. The second-order valence-corrected chi connectivity index (χ2v) is 9.76. The summed E-state index contributed by atoms with van der Waals surface area (Å²) in [4.78, 5) is 11.2. The fourth-order valence-electron chi connectivity index (χ4n) is 4.03. The van der Waals surface area contributed by atoms with Gasteiger partial charge >= 0.3 is 0 Å². The molecule has 0 amide bonds. The minimum absolute atomic E-state index is 0.543. The molecule has 0 saturated heterocycles. The maximum Gasteiger partial charge on any atom is 0.150 e. The fraction of sp³-hybridized carbons (Fsp3) is 0.194. The molecule has 40 heavy (non-hydrogen) atoms. The van der Waals surface area contributed by atoms with Crippen LogP contribution in [0.5, 0.6) is 0 Å². The molecule has 2 aromatic carbocycles. The van der Waals surface area contributed by atoms with E-state index < -0.39 is 0 Å². The number of fused-ring (bicyclic) bond motifs is 1. The van der Waals surface area contributed by atoms with Gasteiger partial charge in [-0.2, -0.15) is 0 Å². The molecule has 1 heterocycles. The number of aryl methyl sites for hydroxylation is 1. The fourth-order valence-corrected chi connectivity index (χ4v) is 4.29. The van der Waals surface area contributed by atoms with Crippen molar-refractivity contribution in [2.45, 2.75) is 47.7 Å². The number of carbonyl (C=O) groups is 1. The van der Waals surface area contributed by atoms with Crippen molar-refractivity contribution in [1.29, 1.82) is 0 Å². The zero-order valence-corrected chi connectivity index (χ0v) is 26.3. The van der Waals surface area contributed by atoms with Gasteiger partial charge < -0.3 is 9.88 Å². The van der Waals surface area contributed by atoms with Crippen molar-refractivity contribution in [1.82, 2.24) is 9.88 Å². The molecule has 3 rings (SSSR count). The predicted molar refractivity (Wildman–Crippen MR) is 180 cm³/mol. The number of aldehydes is 1. The van der Waals surface area contributed by atoms with E-state index in [0.717, 1.165) is 39.7 Å². The van der Waals surface area contributed by atoms with Crippen LogP contribution in [0.15, 0.2) is 127 Å². The molecule has 1 N–H and O–H groups in total. The highest BCUT2D eigenvalue weighted by atomic mass is 79.9. The number of aromatic nitrogens is 1. The molecule has 0 saturated carbocycles. The number of nitrogens with zero attached hydrogens (tertiary/aromatic N) is 1. The van der Waals surface area contributed by atoms with Gasteiger partial charge in [0, 0.05) is 45.4 Å². The van der Waals surface area contributed by atoms with Gasteiger partial charge in [-0.3, -0.25) is 4.79 Å². The van der Waals surface area contributed by atoms with Crippen molar-refractivity contribution in [3.8, 4) is 0 Å². The third-order valence-electron chi connectivity index (χ3n) is 6.46. The van der Waals surface area contributed by atoms with Crippen LogP contribution in [-0.2, 0) is 17.9 Å². The Morgan fingerprint density at radius 3 is 2.17 bits per heavy atom. The van der Waals surface area contributed by atoms with Crippen LogP contribution in [-0.4, -0.2) is 10.9 Å². The maximum absolute atomic E-state index is 11.2. The molecule has 0 fully saturated rings. The normalized spacial score (nSPS) is 10.7. The number of hydrogen-bond donors (Lipinski definition) is 1. The van der Waals surface area contributed by atoms with Gasteiger partial charge in [-0.25, -0.2) is 0 Å². The molecule has 210 valence electrons. The van der Waals surface area contributed by atoms with E-state index >= 15 is 0 Å². The number of nitrogens with one attached hydrogen (secondary N) is 1. The molecular weight excluding hydrogens is 556 g/mol. The van der Waals surface area contributed by atoms with E-state index in [1.54, 1.807) is 6.08 Å². The summed E-state index contributed by atoms with van der Waals surface area (Å²) in [6.07, 6.45) is 6.34. The minimum atomic E-state index is 0.543. The first-order chi connectivity index (χ1) is 19.2. The molecule has 0 unspecified atom stereocenters. The Labute approximate surface area is 249 Å². The Morgan fingerprint density at radius 1 is 0.975 bits per heavy atom. The van der Waals surface area contributed by atoms with E-state index in [-0.39, 0.29) is 0 Å². The van der Waals surface area contributed by atoms with E-state index in [1.165, 1.54) is 22.2 Å². The second-order valence-electron chi connectivity index (χ2n) is 8.84. The Morgan fingerprint density at radius 2 is 1.60 bits per heavy atom. The first-order valence-corrected chi connectivity index (χ1v) is 14.1. The van der Waals surface area contributed by atoms with Gasteiger partial charge in [-0.05, 0) is 78.4 Å². The average Bonchev–Trinajstić information content (AvgIpc) is 3.22. The zero-order chi connectivity index (χ0) is 30.4. The van der Waals surface area contributed by atoms with Gasteiger partial charge in [0.2, 0.25) is 0 Å². The Kier molecular flexibility index (Phi) is 14.5. The van der Waals surface area contributed by atoms with E-state index in [4.69, 9.17) is 0 Å². The smallest absolute Gasteiger partial charge is 0.150 e. The SMILES string of the molecule is C=C.C=C(/C=C\C(=C)C(=C)/C(C=O)=C\C)Cn1c(C)c(C)c2cc(C(=C)NCc3ccc(Br)cc3)ccc21.CC. The molecule has 0 aliphatic carbocycles.